The first kappa shape index (κ1) is 16.1. The van der Waals surface area contributed by atoms with Crippen molar-refractivity contribution in [1.29, 1.82) is 0 Å². The number of aryl methyl sites for hydroxylation is 1. The molecule has 0 radical (unpaired) electrons. The van der Waals surface area contributed by atoms with Gasteiger partial charge in [-0.1, -0.05) is 23.7 Å². The van der Waals surface area contributed by atoms with Gasteiger partial charge in [-0.25, -0.2) is 0 Å². The Morgan fingerprint density at radius 3 is 2.74 bits per heavy atom. The second-order valence-corrected chi connectivity index (χ2v) is 6.57. The van der Waals surface area contributed by atoms with Crippen LogP contribution in [0, 0.1) is 5.92 Å². The molecule has 0 spiro atoms. The number of halogens is 1. The van der Waals surface area contributed by atoms with Crippen molar-refractivity contribution in [2.24, 2.45) is 11.7 Å². The Kier molecular flexibility index (Phi) is 5.03. The van der Waals surface area contributed by atoms with E-state index in [4.69, 9.17) is 17.3 Å². The summed E-state index contributed by atoms with van der Waals surface area (Å²) in [5.74, 6) is 0.699. The first-order valence-corrected chi connectivity index (χ1v) is 8.45. The van der Waals surface area contributed by atoms with Crippen molar-refractivity contribution in [2.45, 2.75) is 19.3 Å². The Morgan fingerprint density at radius 1 is 1.26 bits per heavy atom. The molecule has 5 heteroatoms. The zero-order valence-corrected chi connectivity index (χ0v) is 13.9. The summed E-state index contributed by atoms with van der Waals surface area (Å²) in [6.07, 6.45) is 2.31. The van der Waals surface area contributed by atoms with Crippen LogP contribution in [0.2, 0.25) is 5.02 Å². The van der Waals surface area contributed by atoms with Gasteiger partial charge in [0.1, 0.15) is 0 Å². The fourth-order valence-corrected chi connectivity index (χ4v) is 3.16. The highest BCUT2D eigenvalue weighted by Crippen LogP contribution is 2.22. The van der Waals surface area contributed by atoms with E-state index in [0.29, 0.717) is 18.9 Å². The molecular formula is C18H22ClN3O. The molecular weight excluding hydrogens is 310 g/mol. The third kappa shape index (κ3) is 3.95. The van der Waals surface area contributed by atoms with Crippen LogP contribution in [0.3, 0.4) is 0 Å². The Labute approximate surface area is 141 Å². The second kappa shape index (κ2) is 7.20. The van der Waals surface area contributed by atoms with Crippen LogP contribution in [0.15, 0.2) is 36.4 Å². The number of carbonyl (C=O) groups excluding carboxylic acids is 1. The molecule has 4 nitrogen and oxygen atoms in total. The van der Waals surface area contributed by atoms with Crippen molar-refractivity contribution in [2.75, 3.05) is 19.6 Å². The van der Waals surface area contributed by atoms with Crippen LogP contribution in [0.4, 0.5) is 0 Å². The Balaban J connectivity index is 1.55. The number of rotatable bonds is 5. The number of nitrogens with zero attached hydrogens (tertiary/aromatic N) is 1. The summed E-state index contributed by atoms with van der Waals surface area (Å²) < 4.78 is 0. The lowest BCUT2D eigenvalue weighted by Gasteiger charge is -2.15. The van der Waals surface area contributed by atoms with Gasteiger partial charge in [0.05, 0.1) is 0 Å². The number of hydrogen-bond donors (Lipinski definition) is 2. The maximum Gasteiger partial charge on any atom is 0.222 e. The van der Waals surface area contributed by atoms with E-state index in [1.807, 2.05) is 41.3 Å². The lowest BCUT2D eigenvalue weighted by Crippen LogP contribution is -2.30. The molecule has 0 unspecified atom stereocenters. The van der Waals surface area contributed by atoms with Crippen molar-refractivity contribution in [3.8, 4) is 11.3 Å². The maximum atomic E-state index is 12.3. The summed E-state index contributed by atoms with van der Waals surface area (Å²) in [6, 6.07) is 11.8. The third-order valence-electron chi connectivity index (χ3n) is 4.48. The second-order valence-electron chi connectivity index (χ2n) is 6.13. The van der Waals surface area contributed by atoms with Crippen molar-refractivity contribution in [1.82, 2.24) is 9.88 Å². The smallest absolute Gasteiger partial charge is 0.222 e. The average Bonchev–Trinajstić information content (AvgIpc) is 3.22. The van der Waals surface area contributed by atoms with Gasteiger partial charge in [0, 0.05) is 35.9 Å². The molecule has 1 aromatic carbocycles. The number of nitrogens with two attached hydrogens (primary N) is 1. The predicted octanol–water partition coefficient (Wildman–Crippen LogP) is 3.07. The molecule has 122 valence electrons. The van der Waals surface area contributed by atoms with Crippen LogP contribution in [0.25, 0.3) is 11.3 Å². The molecule has 1 fully saturated rings. The average molecular weight is 332 g/mol. The number of hydrogen-bond acceptors (Lipinski definition) is 2. The van der Waals surface area contributed by atoms with E-state index < -0.39 is 0 Å². The number of amides is 1. The van der Waals surface area contributed by atoms with Crippen molar-refractivity contribution < 1.29 is 4.79 Å². The van der Waals surface area contributed by atoms with Crippen LogP contribution in [-0.4, -0.2) is 35.4 Å². The molecule has 2 aromatic rings. The molecule has 0 saturated carbocycles. The normalized spacial score (nSPS) is 17.7. The number of benzene rings is 1. The van der Waals surface area contributed by atoms with Gasteiger partial charge in [0.25, 0.3) is 0 Å². The molecule has 1 aliphatic heterocycles. The van der Waals surface area contributed by atoms with Gasteiger partial charge in [-0.15, -0.1) is 0 Å². The van der Waals surface area contributed by atoms with E-state index in [1.54, 1.807) is 0 Å². The first-order chi connectivity index (χ1) is 11.2. The number of aromatic amines is 1. The minimum atomic E-state index is 0.226. The van der Waals surface area contributed by atoms with Gasteiger partial charge in [-0.05, 0) is 55.1 Å². The first-order valence-electron chi connectivity index (χ1n) is 8.07. The van der Waals surface area contributed by atoms with E-state index in [2.05, 4.69) is 4.98 Å². The molecule has 1 aliphatic rings. The van der Waals surface area contributed by atoms with Crippen LogP contribution >= 0.6 is 11.6 Å². The molecule has 0 bridgehead atoms. The molecule has 1 atom stereocenters. The topological polar surface area (TPSA) is 62.1 Å². The zero-order chi connectivity index (χ0) is 16.2. The summed E-state index contributed by atoms with van der Waals surface area (Å²) in [4.78, 5) is 17.6. The maximum absolute atomic E-state index is 12.3. The quantitative estimate of drug-likeness (QED) is 0.884. The van der Waals surface area contributed by atoms with Gasteiger partial charge in [0.2, 0.25) is 5.91 Å². The van der Waals surface area contributed by atoms with Gasteiger partial charge in [-0.2, -0.15) is 0 Å². The SMILES string of the molecule is NC[C@@H]1CCN(C(=O)CCc2ccc(-c3ccc(Cl)cc3)[nH]2)C1. The van der Waals surface area contributed by atoms with E-state index in [-0.39, 0.29) is 5.91 Å². The third-order valence-corrected chi connectivity index (χ3v) is 4.73. The number of nitrogens with one attached hydrogen (secondary N) is 1. The number of carbonyl (C=O) groups is 1. The molecule has 2 heterocycles. The summed E-state index contributed by atoms with van der Waals surface area (Å²) in [6.45, 7) is 2.34. The lowest BCUT2D eigenvalue weighted by atomic mass is 10.1. The standard InChI is InChI=1S/C18H22ClN3O/c19-15-3-1-14(2-4-15)17-7-5-16(21-17)6-8-18(23)22-10-9-13(11-20)12-22/h1-5,7,13,21H,6,8-12,20H2/t13-/m0/s1. The predicted molar refractivity (Wildman–Crippen MR) is 93.3 cm³/mol. The van der Waals surface area contributed by atoms with Crippen LogP contribution in [-0.2, 0) is 11.2 Å². The molecule has 3 rings (SSSR count). The molecule has 0 aliphatic carbocycles. The van der Waals surface area contributed by atoms with E-state index >= 15 is 0 Å². The van der Waals surface area contributed by atoms with Crippen molar-refractivity contribution in [3.63, 3.8) is 0 Å². The van der Waals surface area contributed by atoms with E-state index in [0.717, 1.165) is 47.9 Å². The minimum Gasteiger partial charge on any atom is -0.358 e. The monoisotopic (exact) mass is 331 g/mol. The summed E-state index contributed by atoms with van der Waals surface area (Å²) >= 11 is 5.91. The lowest BCUT2D eigenvalue weighted by molar-refractivity contribution is -0.130. The highest BCUT2D eigenvalue weighted by atomic mass is 35.5. The Bertz CT molecular complexity index is 665. The Hall–Kier alpha value is -1.78. The number of H-pyrrole nitrogens is 1. The largest absolute Gasteiger partial charge is 0.358 e. The molecule has 1 amide bonds. The minimum absolute atomic E-state index is 0.226. The zero-order valence-electron chi connectivity index (χ0n) is 13.1. The fourth-order valence-electron chi connectivity index (χ4n) is 3.04. The van der Waals surface area contributed by atoms with Gasteiger partial charge in [-0.3, -0.25) is 4.79 Å². The number of aromatic nitrogens is 1. The van der Waals surface area contributed by atoms with Crippen molar-refractivity contribution >= 4 is 17.5 Å². The van der Waals surface area contributed by atoms with Crippen LogP contribution < -0.4 is 5.73 Å². The van der Waals surface area contributed by atoms with Gasteiger partial charge in [0.15, 0.2) is 0 Å². The van der Waals surface area contributed by atoms with Crippen LogP contribution in [0.5, 0.6) is 0 Å². The highest BCUT2D eigenvalue weighted by molar-refractivity contribution is 6.30. The van der Waals surface area contributed by atoms with Gasteiger partial charge < -0.3 is 15.6 Å². The molecule has 1 aromatic heterocycles. The molecule has 3 N–H and O–H groups in total. The van der Waals surface area contributed by atoms with Gasteiger partial charge >= 0.3 is 0 Å². The summed E-state index contributed by atoms with van der Waals surface area (Å²) in [5.41, 5.74) is 8.90. The van der Waals surface area contributed by atoms with Crippen LogP contribution in [0.1, 0.15) is 18.5 Å². The fraction of sp³-hybridized carbons (Fsp3) is 0.389. The highest BCUT2D eigenvalue weighted by Gasteiger charge is 2.24. The van der Waals surface area contributed by atoms with Crippen molar-refractivity contribution in [3.05, 3.63) is 47.1 Å². The number of likely N-dealkylation sites (tertiary alicyclic amines) is 1. The Morgan fingerprint density at radius 2 is 2.04 bits per heavy atom. The van der Waals surface area contributed by atoms with E-state index in [9.17, 15) is 4.79 Å². The molecule has 23 heavy (non-hydrogen) atoms. The van der Waals surface area contributed by atoms with E-state index in [1.165, 1.54) is 0 Å². The summed E-state index contributed by atoms with van der Waals surface area (Å²) in [7, 11) is 0. The summed E-state index contributed by atoms with van der Waals surface area (Å²) in [5, 5.41) is 0.729. The molecule has 1 saturated heterocycles.